The molecule has 156 valence electrons. The van der Waals surface area contributed by atoms with E-state index in [0.717, 1.165) is 39.7 Å². The minimum atomic E-state index is 0.579. The fourth-order valence-electron chi connectivity index (χ4n) is 3.42. The Hall–Kier alpha value is -3.45. The predicted molar refractivity (Wildman–Crippen MR) is 122 cm³/mol. The summed E-state index contributed by atoms with van der Waals surface area (Å²) < 4.78 is 7.51. The molecule has 6 nitrogen and oxygen atoms in total. The lowest BCUT2D eigenvalue weighted by Crippen LogP contribution is -2.03. The number of carbonyl (C=O) groups is 1. The number of rotatable bonds is 7. The van der Waals surface area contributed by atoms with E-state index >= 15 is 0 Å². The Kier molecular flexibility index (Phi) is 6.13. The standard InChI is InChI=1S/C24H22N4O2S/c1-16-7-9-21(17(2)12-16)28-23(20-6-4-5-11-25-20)26-27-24(28)31-15-19-13-18(14-29)8-10-22(19)30-3/h4-14H,15H2,1-3H3. The zero-order chi connectivity index (χ0) is 21.8. The van der Waals surface area contributed by atoms with Crippen LogP contribution in [0.5, 0.6) is 5.75 Å². The Labute approximate surface area is 185 Å². The van der Waals surface area contributed by atoms with Gasteiger partial charge in [0.1, 0.15) is 17.7 Å². The van der Waals surface area contributed by atoms with E-state index in [1.807, 2.05) is 34.9 Å². The average molecular weight is 431 g/mol. The highest BCUT2D eigenvalue weighted by Gasteiger charge is 2.19. The first-order valence-electron chi connectivity index (χ1n) is 9.80. The van der Waals surface area contributed by atoms with Crippen molar-refractivity contribution >= 4 is 18.0 Å². The number of pyridine rings is 1. The van der Waals surface area contributed by atoms with Crippen LogP contribution in [0.2, 0.25) is 0 Å². The highest BCUT2D eigenvalue weighted by molar-refractivity contribution is 7.98. The molecule has 0 fully saturated rings. The highest BCUT2D eigenvalue weighted by atomic mass is 32.2. The van der Waals surface area contributed by atoms with Crippen LogP contribution in [-0.4, -0.2) is 33.1 Å². The normalized spacial score (nSPS) is 10.8. The van der Waals surface area contributed by atoms with E-state index in [0.29, 0.717) is 17.1 Å². The minimum Gasteiger partial charge on any atom is -0.496 e. The maximum absolute atomic E-state index is 11.2. The third-order valence-corrected chi connectivity index (χ3v) is 5.90. The number of methoxy groups -OCH3 is 1. The molecule has 4 aromatic rings. The minimum absolute atomic E-state index is 0.579. The topological polar surface area (TPSA) is 69.9 Å². The van der Waals surface area contributed by atoms with Crippen LogP contribution < -0.4 is 4.74 Å². The first-order chi connectivity index (χ1) is 15.1. The second kappa shape index (κ2) is 9.14. The van der Waals surface area contributed by atoms with E-state index < -0.39 is 0 Å². The van der Waals surface area contributed by atoms with Crippen LogP contribution in [0.4, 0.5) is 0 Å². The monoisotopic (exact) mass is 430 g/mol. The predicted octanol–water partition coefficient (Wildman–Crippen LogP) is 5.06. The van der Waals surface area contributed by atoms with Crippen LogP contribution in [-0.2, 0) is 5.75 Å². The van der Waals surface area contributed by atoms with Gasteiger partial charge in [-0.25, -0.2) is 0 Å². The van der Waals surface area contributed by atoms with Crippen molar-refractivity contribution in [2.24, 2.45) is 0 Å². The zero-order valence-electron chi connectivity index (χ0n) is 17.6. The lowest BCUT2D eigenvalue weighted by molar-refractivity contribution is 0.112. The van der Waals surface area contributed by atoms with Crippen LogP contribution in [0.25, 0.3) is 17.2 Å². The van der Waals surface area contributed by atoms with E-state index in [1.54, 1.807) is 19.4 Å². The second-order valence-corrected chi connectivity index (χ2v) is 8.07. The van der Waals surface area contributed by atoms with Gasteiger partial charge in [-0.3, -0.25) is 14.3 Å². The first-order valence-corrected chi connectivity index (χ1v) is 10.8. The lowest BCUT2D eigenvalue weighted by atomic mass is 10.1. The summed E-state index contributed by atoms with van der Waals surface area (Å²) in [5.74, 6) is 2.00. The lowest BCUT2D eigenvalue weighted by Gasteiger charge is -2.14. The molecular formula is C24H22N4O2S. The van der Waals surface area contributed by atoms with Gasteiger partial charge in [-0.05, 0) is 55.8 Å². The number of carbonyl (C=O) groups excluding carboxylic acids is 1. The Balaban J connectivity index is 1.77. The average Bonchev–Trinajstić information content (AvgIpc) is 3.21. The quantitative estimate of drug-likeness (QED) is 0.302. The van der Waals surface area contributed by atoms with Gasteiger partial charge in [0.15, 0.2) is 11.0 Å². The van der Waals surface area contributed by atoms with Crippen molar-refractivity contribution in [3.8, 4) is 23.0 Å². The Morgan fingerprint density at radius 3 is 2.65 bits per heavy atom. The molecule has 0 radical (unpaired) electrons. The fourth-order valence-corrected chi connectivity index (χ4v) is 4.35. The molecule has 0 aliphatic heterocycles. The number of ether oxygens (including phenoxy) is 1. The summed E-state index contributed by atoms with van der Waals surface area (Å²) in [7, 11) is 1.63. The molecule has 31 heavy (non-hydrogen) atoms. The van der Waals surface area contributed by atoms with Gasteiger partial charge in [0.2, 0.25) is 0 Å². The van der Waals surface area contributed by atoms with E-state index in [4.69, 9.17) is 4.74 Å². The molecule has 0 N–H and O–H groups in total. The molecule has 2 aromatic carbocycles. The van der Waals surface area contributed by atoms with Crippen molar-refractivity contribution in [3.05, 3.63) is 83.0 Å². The molecule has 7 heteroatoms. The van der Waals surface area contributed by atoms with Crippen LogP contribution in [0.15, 0.2) is 66.0 Å². The molecule has 0 unspecified atom stereocenters. The molecule has 4 rings (SSSR count). The summed E-state index contributed by atoms with van der Waals surface area (Å²) in [6, 6.07) is 17.4. The van der Waals surface area contributed by atoms with Crippen LogP contribution in [0.3, 0.4) is 0 Å². The van der Waals surface area contributed by atoms with E-state index in [1.165, 1.54) is 17.3 Å². The summed E-state index contributed by atoms with van der Waals surface area (Å²) in [6.07, 6.45) is 2.59. The molecule has 0 spiro atoms. The van der Waals surface area contributed by atoms with E-state index in [9.17, 15) is 4.79 Å². The third kappa shape index (κ3) is 4.36. The number of hydrogen-bond donors (Lipinski definition) is 0. The molecular weight excluding hydrogens is 408 g/mol. The van der Waals surface area contributed by atoms with Crippen molar-refractivity contribution in [2.45, 2.75) is 24.8 Å². The fraction of sp³-hybridized carbons (Fsp3) is 0.167. The molecule has 2 aromatic heterocycles. The first kappa shape index (κ1) is 20.8. The van der Waals surface area contributed by atoms with Gasteiger partial charge in [0.05, 0.1) is 12.8 Å². The number of hydrogen-bond acceptors (Lipinski definition) is 6. The molecule has 0 aliphatic rings. The van der Waals surface area contributed by atoms with Gasteiger partial charge in [-0.2, -0.15) is 0 Å². The van der Waals surface area contributed by atoms with Crippen molar-refractivity contribution in [1.82, 2.24) is 19.7 Å². The van der Waals surface area contributed by atoms with E-state index in [2.05, 4.69) is 47.2 Å². The maximum atomic E-state index is 11.2. The second-order valence-electron chi connectivity index (χ2n) is 7.12. The number of thioether (sulfide) groups is 1. The summed E-state index contributed by atoms with van der Waals surface area (Å²) in [5, 5.41) is 9.67. The van der Waals surface area contributed by atoms with Crippen molar-refractivity contribution in [3.63, 3.8) is 0 Å². The summed E-state index contributed by atoms with van der Waals surface area (Å²) in [5.41, 5.74) is 5.61. The van der Waals surface area contributed by atoms with Crippen molar-refractivity contribution in [1.29, 1.82) is 0 Å². The number of nitrogens with zero attached hydrogens (tertiary/aromatic N) is 4. The Morgan fingerprint density at radius 1 is 1.06 bits per heavy atom. The van der Waals surface area contributed by atoms with Crippen molar-refractivity contribution < 1.29 is 9.53 Å². The zero-order valence-corrected chi connectivity index (χ0v) is 18.4. The number of aryl methyl sites for hydroxylation is 2. The van der Waals surface area contributed by atoms with Crippen LogP contribution in [0.1, 0.15) is 27.0 Å². The Bertz CT molecular complexity index is 1220. The summed E-state index contributed by atoms with van der Waals surface area (Å²) >= 11 is 1.54. The van der Waals surface area contributed by atoms with Gasteiger partial charge in [-0.1, -0.05) is 35.5 Å². The molecule has 0 saturated heterocycles. The van der Waals surface area contributed by atoms with Gasteiger partial charge >= 0.3 is 0 Å². The number of aldehydes is 1. The molecule has 0 atom stereocenters. The molecule has 2 heterocycles. The largest absolute Gasteiger partial charge is 0.496 e. The highest BCUT2D eigenvalue weighted by Crippen LogP contribution is 2.32. The molecule has 0 saturated carbocycles. The van der Waals surface area contributed by atoms with E-state index in [-0.39, 0.29) is 0 Å². The van der Waals surface area contributed by atoms with Crippen LogP contribution >= 0.6 is 11.8 Å². The number of aromatic nitrogens is 4. The van der Waals surface area contributed by atoms with Gasteiger partial charge in [0.25, 0.3) is 0 Å². The number of benzene rings is 2. The molecule has 0 bridgehead atoms. The van der Waals surface area contributed by atoms with Crippen molar-refractivity contribution in [2.75, 3.05) is 7.11 Å². The molecule has 0 aliphatic carbocycles. The smallest absolute Gasteiger partial charge is 0.196 e. The van der Waals surface area contributed by atoms with Gasteiger partial charge in [0, 0.05) is 23.1 Å². The SMILES string of the molecule is COc1ccc(C=O)cc1CSc1nnc(-c2ccccn2)n1-c1ccc(C)cc1C. The van der Waals surface area contributed by atoms with Gasteiger partial charge < -0.3 is 4.74 Å². The van der Waals surface area contributed by atoms with Gasteiger partial charge in [-0.15, -0.1) is 10.2 Å². The summed E-state index contributed by atoms with van der Waals surface area (Å²) in [6.45, 7) is 4.15. The molecule has 0 amide bonds. The Morgan fingerprint density at radius 2 is 1.94 bits per heavy atom. The van der Waals surface area contributed by atoms with Crippen LogP contribution in [0, 0.1) is 13.8 Å². The third-order valence-electron chi connectivity index (χ3n) is 4.92. The summed E-state index contributed by atoms with van der Waals surface area (Å²) in [4.78, 5) is 15.7. The maximum Gasteiger partial charge on any atom is 0.196 e.